The van der Waals surface area contributed by atoms with Gasteiger partial charge in [0.1, 0.15) is 5.75 Å². The molecule has 1 amide bonds. The first kappa shape index (κ1) is 13.6. The molecule has 2 aromatic heterocycles. The van der Waals surface area contributed by atoms with E-state index in [-0.39, 0.29) is 5.91 Å². The number of nitrogens with one attached hydrogen (secondary N) is 2. The Labute approximate surface area is 122 Å². The minimum Gasteiger partial charge on any atom is -0.494 e. The predicted octanol–water partition coefficient (Wildman–Crippen LogP) is 1.54. The Bertz CT molecular complexity index is 678. The van der Waals surface area contributed by atoms with Gasteiger partial charge in [0.2, 0.25) is 0 Å². The molecule has 2 N–H and O–H groups in total. The van der Waals surface area contributed by atoms with E-state index in [4.69, 9.17) is 4.74 Å². The Morgan fingerprint density at radius 3 is 3.14 bits per heavy atom. The summed E-state index contributed by atoms with van der Waals surface area (Å²) in [5.74, 6) is 0.303. The fourth-order valence-electron chi connectivity index (χ4n) is 2.68. The molecule has 1 aliphatic rings. The van der Waals surface area contributed by atoms with E-state index in [0.717, 1.165) is 30.7 Å². The van der Waals surface area contributed by atoms with E-state index in [1.807, 2.05) is 6.92 Å². The summed E-state index contributed by atoms with van der Waals surface area (Å²) in [7, 11) is 1.53. The molecule has 3 rings (SSSR count). The number of H-pyrrole nitrogens is 1. The molecule has 0 spiro atoms. The van der Waals surface area contributed by atoms with Gasteiger partial charge in [0.25, 0.3) is 5.91 Å². The minimum atomic E-state index is -0.174. The maximum Gasteiger partial charge on any atom is 0.255 e. The molecule has 0 radical (unpaired) electrons. The van der Waals surface area contributed by atoms with Gasteiger partial charge in [-0.3, -0.25) is 14.9 Å². The van der Waals surface area contributed by atoms with Gasteiger partial charge in [0.05, 0.1) is 31.1 Å². The summed E-state index contributed by atoms with van der Waals surface area (Å²) in [5, 5.41) is 10.2. The molecular weight excluding hydrogens is 268 g/mol. The summed E-state index contributed by atoms with van der Waals surface area (Å²) in [5.41, 5.74) is 4.67. The number of nitrogens with zero attached hydrogens (tertiary/aromatic N) is 2. The monoisotopic (exact) mass is 286 g/mol. The first-order valence-electron chi connectivity index (χ1n) is 7.03. The first-order valence-corrected chi connectivity index (χ1v) is 7.03. The van der Waals surface area contributed by atoms with Crippen LogP contribution in [0.1, 0.15) is 39.4 Å². The van der Waals surface area contributed by atoms with Crippen LogP contribution in [0.15, 0.2) is 12.3 Å². The molecule has 0 aromatic carbocycles. The Balaban J connectivity index is 1.73. The Morgan fingerprint density at radius 1 is 1.48 bits per heavy atom. The zero-order valence-corrected chi connectivity index (χ0v) is 12.2. The molecule has 0 saturated carbocycles. The number of ether oxygens (including phenoxy) is 1. The molecule has 0 fully saturated rings. The van der Waals surface area contributed by atoms with Crippen LogP contribution in [0.5, 0.6) is 5.75 Å². The number of aromatic nitrogens is 3. The summed E-state index contributed by atoms with van der Waals surface area (Å²) < 4.78 is 5.19. The quantitative estimate of drug-likeness (QED) is 0.893. The molecule has 2 aromatic rings. The van der Waals surface area contributed by atoms with Crippen molar-refractivity contribution in [2.75, 3.05) is 7.11 Å². The Hall–Kier alpha value is -2.37. The summed E-state index contributed by atoms with van der Waals surface area (Å²) >= 11 is 0. The number of methoxy groups -OCH3 is 1. The Morgan fingerprint density at radius 2 is 2.33 bits per heavy atom. The van der Waals surface area contributed by atoms with E-state index in [9.17, 15) is 4.79 Å². The van der Waals surface area contributed by atoms with E-state index in [1.165, 1.54) is 18.4 Å². The maximum absolute atomic E-state index is 12.3. The molecule has 1 aliphatic carbocycles. The highest BCUT2D eigenvalue weighted by Crippen LogP contribution is 2.23. The fraction of sp³-hybridized carbons (Fsp3) is 0.400. The van der Waals surface area contributed by atoms with Crippen molar-refractivity contribution in [3.63, 3.8) is 0 Å². The average molecular weight is 286 g/mol. The zero-order valence-electron chi connectivity index (χ0n) is 12.2. The van der Waals surface area contributed by atoms with Gasteiger partial charge in [-0.15, -0.1) is 0 Å². The number of fused-ring (bicyclic) bond motifs is 1. The van der Waals surface area contributed by atoms with Crippen LogP contribution in [-0.2, 0) is 19.4 Å². The zero-order chi connectivity index (χ0) is 14.8. The standard InChI is InChI=1S/C15H18N4O2/c1-9-6-11(14(21-2)8-16-9)15(20)17-7-13-10-4-3-5-12(10)18-19-13/h6,8H,3-5,7H2,1-2H3,(H,17,20)(H,18,19). The number of pyridine rings is 1. The van der Waals surface area contributed by atoms with Crippen molar-refractivity contribution in [3.05, 3.63) is 40.5 Å². The van der Waals surface area contributed by atoms with Gasteiger partial charge in [-0.1, -0.05) is 0 Å². The molecule has 2 heterocycles. The number of rotatable bonds is 4. The number of aromatic amines is 1. The molecular formula is C15H18N4O2. The van der Waals surface area contributed by atoms with E-state index in [2.05, 4.69) is 20.5 Å². The van der Waals surface area contributed by atoms with Crippen molar-refractivity contribution < 1.29 is 9.53 Å². The number of aryl methyl sites for hydroxylation is 2. The predicted molar refractivity (Wildman–Crippen MR) is 77.3 cm³/mol. The second kappa shape index (κ2) is 5.55. The first-order chi connectivity index (χ1) is 10.2. The van der Waals surface area contributed by atoms with Crippen LogP contribution in [-0.4, -0.2) is 28.2 Å². The van der Waals surface area contributed by atoms with Crippen molar-refractivity contribution in [3.8, 4) is 5.75 Å². The third-order valence-corrected chi connectivity index (χ3v) is 3.78. The van der Waals surface area contributed by atoms with Crippen molar-refractivity contribution in [1.29, 1.82) is 0 Å². The van der Waals surface area contributed by atoms with Crippen LogP contribution in [0.2, 0.25) is 0 Å². The summed E-state index contributed by atoms with van der Waals surface area (Å²) in [6.45, 7) is 2.27. The van der Waals surface area contributed by atoms with Gasteiger partial charge in [-0.2, -0.15) is 5.10 Å². The second-order valence-electron chi connectivity index (χ2n) is 5.19. The van der Waals surface area contributed by atoms with Crippen LogP contribution >= 0.6 is 0 Å². The third-order valence-electron chi connectivity index (χ3n) is 3.78. The van der Waals surface area contributed by atoms with Gasteiger partial charge < -0.3 is 10.1 Å². The maximum atomic E-state index is 12.3. The van der Waals surface area contributed by atoms with Crippen LogP contribution in [0.4, 0.5) is 0 Å². The molecule has 0 unspecified atom stereocenters. The summed E-state index contributed by atoms with van der Waals surface area (Å²) in [6.07, 6.45) is 4.81. The van der Waals surface area contributed by atoms with E-state index >= 15 is 0 Å². The van der Waals surface area contributed by atoms with Crippen LogP contribution < -0.4 is 10.1 Å². The van der Waals surface area contributed by atoms with Crippen LogP contribution in [0, 0.1) is 6.92 Å². The second-order valence-corrected chi connectivity index (χ2v) is 5.19. The SMILES string of the molecule is COc1cnc(C)cc1C(=O)NCc1n[nH]c2c1CCC2. The lowest BCUT2D eigenvalue weighted by molar-refractivity contribution is 0.0947. The highest BCUT2D eigenvalue weighted by molar-refractivity contribution is 5.96. The lowest BCUT2D eigenvalue weighted by Gasteiger charge is -2.09. The smallest absolute Gasteiger partial charge is 0.255 e. The highest BCUT2D eigenvalue weighted by Gasteiger charge is 2.19. The number of hydrogen-bond acceptors (Lipinski definition) is 4. The van der Waals surface area contributed by atoms with Crippen LogP contribution in [0.25, 0.3) is 0 Å². The molecule has 6 nitrogen and oxygen atoms in total. The average Bonchev–Trinajstić information content (AvgIpc) is 3.08. The Kier molecular flexibility index (Phi) is 3.60. The number of amides is 1. The molecule has 0 bridgehead atoms. The topological polar surface area (TPSA) is 79.9 Å². The van der Waals surface area contributed by atoms with E-state index in [0.29, 0.717) is 17.9 Å². The van der Waals surface area contributed by atoms with Crippen molar-refractivity contribution in [2.24, 2.45) is 0 Å². The summed E-state index contributed by atoms with van der Waals surface area (Å²) in [4.78, 5) is 16.4. The lowest BCUT2D eigenvalue weighted by atomic mass is 10.1. The van der Waals surface area contributed by atoms with Gasteiger partial charge in [0, 0.05) is 11.4 Å². The summed E-state index contributed by atoms with van der Waals surface area (Å²) in [6, 6.07) is 1.73. The molecule has 6 heteroatoms. The molecule has 21 heavy (non-hydrogen) atoms. The minimum absolute atomic E-state index is 0.174. The van der Waals surface area contributed by atoms with Gasteiger partial charge >= 0.3 is 0 Å². The van der Waals surface area contributed by atoms with Crippen molar-refractivity contribution >= 4 is 5.91 Å². The molecule has 0 saturated heterocycles. The largest absolute Gasteiger partial charge is 0.494 e. The van der Waals surface area contributed by atoms with Crippen molar-refractivity contribution in [2.45, 2.75) is 32.7 Å². The van der Waals surface area contributed by atoms with Gasteiger partial charge in [-0.05, 0) is 37.8 Å². The highest BCUT2D eigenvalue weighted by atomic mass is 16.5. The number of carbonyl (C=O) groups excluding carboxylic acids is 1. The normalized spacial score (nSPS) is 13.0. The lowest BCUT2D eigenvalue weighted by Crippen LogP contribution is -2.24. The van der Waals surface area contributed by atoms with Gasteiger partial charge in [0.15, 0.2) is 0 Å². The molecule has 110 valence electrons. The van der Waals surface area contributed by atoms with Crippen LogP contribution in [0.3, 0.4) is 0 Å². The van der Waals surface area contributed by atoms with Crippen molar-refractivity contribution in [1.82, 2.24) is 20.5 Å². The van der Waals surface area contributed by atoms with E-state index < -0.39 is 0 Å². The molecule has 0 aliphatic heterocycles. The molecule has 0 atom stereocenters. The third kappa shape index (κ3) is 2.61. The fourth-order valence-corrected chi connectivity index (χ4v) is 2.68. The number of carbonyl (C=O) groups is 1. The number of hydrogen-bond donors (Lipinski definition) is 2. The van der Waals surface area contributed by atoms with Gasteiger partial charge in [-0.25, -0.2) is 0 Å². The van der Waals surface area contributed by atoms with E-state index in [1.54, 1.807) is 12.3 Å².